The molecule has 2 heterocycles. The van der Waals surface area contributed by atoms with Gasteiger partial charge < -0.3 is 14.5 Å². The summed E-state index contributed by atoms with van der Waals surface area (Å²) in [4.78, 5) is 30.7. The van der Waals surface area contributed by atoms with E-state index >= 15 is 0 Å². The van der Waals surface area contributed by atoms with Crippen molar-refractivity contribution in [1.82, 2.24) is 10.3 Å². The van der Waals surface area contributed by atoms with Gasteiger partial charge in [0.25, 0.3) is 11.8 Å². The molecule has 1 aliphatic heterocycles. The van der Waals surface area contributed by atoms with E-state index in [4.69, 9.17) is 9.15 Å². The number of ether oxygens (including phenoxy) is 1. The third-order valence-electron chi connectivity index (χ3n) is 5.71. The first-order valence-electron chi connectivity index (χ1n) is 10.7. The van der Waals surface area contributed by atoms with E-state index in [0.717, 1.165) is 31.2 Å². The van der Waals surface area contributed by atoms with Gasteiger partial charge in [0.1, 0.15) is 18.6 Å². The second kappa shape index (κ2) is 9.32. The minimum absolute atomic E-state index is 0.0207. The molecule has 7 heteroatoms. The second-order valence-electron chi connectivity index (χ2n) is 8.28. The van der Waals surface area contributed by atoms with E-state index in [0.29, 0.717) is 23.9 Å². The normalized spacial score (nSPS) is 13.7. The zero-order valence-corrected chi connectivity index (χ0v) is 18.3. The molecule has 0 aliphatic carbocycles. The Morgan fingerprint density at radius 3 is 2.80 bits per heavy atom. The van der Waals surface area contributed by atoms with Gasteiger partial charge in [-0.1, -0.05) is 46.6 Å². The van der Waals surface area contributed by atoms with Crippen LogP contribution in [0.1, 0.15) is 75.3 Å². The first-order chi connectivity index (χ1) is 14.4. The number of carbonyl (C=O) groups excluding carboxylic acids is 2. The molecule has 1 aliphatic rings. The molecule has 2 aromatic rings. The van der Waals surface area contributed by atoms with Gasteiger partial charge in [0, 0.05) is 6.54 Å². The summed E-state index contributed by atoms with van der Waals surface area (Å²) in [5, 5.41) is 2.84. The molecule has 0 atom stereocenters. The van der Waals surface area contributed by atoms with Crippen LogP contribution in [-0.2, 0) is 16.8 Å². The molecule has 0 saturated heterocycles. The molecule has 1 aromatic carbocycles. The number of hydrogen-bond donors (Lipinski definition) is 1. The van der Waals surface area contributed by atoms with Gasteiger partial charge in [-0.3, -0.25) is 14.5 Å². The number of amides is 2. The maximum Gasteiger partial charge on any atom is 0.273 e. The Kier molecular flexibility index (Phi) is 6.80. The van der Waals surface area contributed by atoms with E-state index in [9.17, 15) is 9.59 Å². The summed E-state index contributed by atoms with van der Waals surface area (Å²) in [5.41, 5.74) is 2.04. The Morgan fingerprint density at radius 2 is 2.07 bits per heavy atom. The van der Waals surface area contributed by atoms with Crippen LogP contribution in [-0.4, -0.2) is 29.9 Å². The first kappa shape index (κ1) is 21.9. The third-order valence-corrected chi connectivity index (χ3v) is 5.71. The van der Waals surface area contributed by atoms with E-state index in [1.807, 2.05) is 18.2 Å². The van der Waals surface area contributed by atoms with Crippen molar-refractivity contribution in [2.24, 2.45) is 0 Å². The van der Waals surface area contributed by atoms with Crippen LogP contribution < -0.4 is 15.0 Å². The fraction of sp³-hybridized carbons (Fsp3) is 0.522. The second-order valence-corrected chi connectivity index (χ2v) is 8.28. The SMILES string of the molecule is CCCCCNC(=O)c1coc(CN2C(=O)COc3ccc(C(C)(C)CC)cc32)n1. The summed E-state index contributed by atoms with van der Waals surface area (Å²) in [6, 6.07) is 5.95. The number of fused-ring (bicyclic) bond motifs is 1. The number of rotatable bonds is 9. The zero-order chi connectivity index (χ0) is 21.7. The average Bonchev–Trinajstić information content (AvgIpc) is 3.21. The van der Waals surface area contributed by atoms with Crippen molar-refractivity contribution in [2.75, 3.05) is 18.1 Å². The summed E-state index contributed by atoms with van der Waals surface area (Å²) >= 11 is 0. The Bertz CT molecular complexity index is 904. The lowest BCUT2D eigenvalue weighted by Crippen LogP contribution is -2.38. The molecule has 0 radical (unpaired) electrons. The van der Waals surface area contributed by atoms with E-state index in [-0.39, 0.29) is 36.1 Å². The average molecular weight is 414 g/mol. The van der Waals surface area contributed by atoms with Crippen molar-refractivity contribution < 1.29 is 18.7 Å². The van der Waals surface area contributed by atoms with Crippen molar-refractivity contribution in [3.8, 4) is 5.75 Å². The van der Waals surface area contributed by atoms with Gasteiger partial charge in [-0.05, 0) is 36.0 Å². The van der Waals surface area contributed by atoms with Crippen molar-refractivity contribution >= 4 is 17.5 Å². The van der Waals surface area contributed by atoms with Gasteiger partial charge in [0.2, 0.25) is 5.89 Å². The summed E-state index contributed by atoms with van der Waals surface area (Å²) in [6.07, 6.45) is 5.41. The van der Waals surface area contributed by atoms with Crippen LogP contribution in [0, 0.1) is 0 Å². The van der Waals surface area contributed by atoms with Crippen molar-refractivity contribution in [3.63, 3.8) is 0 Å². The van der Waals surface area contributed by atoms with E-state index in [2.05, 4.69) is 38.0 Å². The molecule has 1 N–H and O–H groups in total. The molecule has 0 fully saturated rings. The number of anilines is 1. The predicted molar refractivity (Wildman–Crippen MR) is 115 cm³/mol. The number of unbranched alkanes of at least 4 members (excludes halogenated alkanes) is 2. The predicted octanol–water partition coefficient (Wildman–Crippen LogP) is 4.21. The smallest absolute Gasteiger partial charge is 0.273 e. The lowest BCUT2D eigenvalue weighted by atomic mass is 9.82. The Morgan fingerprint density at radius 1 is 1.27 bits per heavy atom. The molecule has 7 nitrogen and oxygen atoms in total. The van der Waals surface area contributed by atoms with Crippen LogP contribution in [0.25, 0.3) is 0 Å². The molecule has 0 unspecified atom stereocenters. The third kappa shape index (κ3) is 4.83. The molecule has 0 spiro atoms. The quantitative estimate of drug-likeness (QED) is 0.623. The maximum absolute atomic E-state index is 12.6. The summed E-state index contributed by atoms with van der Waals surface area (Å²) in [5.74, 6) is 0.542. The molecule has 1 aromatic heterocycles. The molecule has 2 amide bonds. The number of carbonyl (C=O) groups is 2. The van der Waals surface area contributed by atoms with Crippen LogP contribution in [0.15, 0.2) is 28.9 Å². The molecule has 162 valence electrons. The summed E-state index contributed by atoms with van der Waals surface area (Å²) in [7, 11) is 0. The van der Waals surface area contributed by atoms with Gasteiger partial charge in [-0.2, -0.15) is 0 Å². The van der Waals surface area contributed by atoms with Crippen molar-refractivity contribution in [2.45, 2.75) is 65.3 Å². The first-order valence-corrected chi connectivity index (χ1v) is 10.7. The van der Waals surface area contributed by atoms with Gasteiger partial charge in [-0.15, -0.1) is 0 Å². The summed E-state index contributed by atoms with van der Waals surface area (Å²) < 4.78 is 11.1. The highest BCUT2D eigenvalue weighted by molar-refractivity contribution is 5.98. The number of nitrogens with one attached hydrogen (secondary N) is 1. The molecule has 30 heavy (non-hydrogen) atoms. The van der Waals surface area contributed by atoms with E-state index in [1.165, 1.54) is 6.26 Å². The van der Waals surface area contributed by atoms with Crippen molar-refractivity contribution in [1.29, 1.82) is 0 Å². The Balaban J connectivity index is 1.76. The summed E-state index contributed by atoms with van der Waals surface area (Å²) in [6.45, 7) is 9.32. The highest BCUT2D eigenvalue weighted by Crippen LogP contribution is 2.38. The number of nitrogens with zero attached hydrogens (tertiary/aromatic N) is 2. The van der Waals surface area contributed by atoms with Gasteiger partial charge in [0.15, 0.2) is 12.3 Å². The monoisotopic (exact) mass is 413 g/mol. The van der Waals surface area contributed by atoms with Crippen LogP contribution in [0.4, 0.5) is 5.69 Å². The maximum atomic E-state index is 12.6. The molecule has 0 saturated carbocycles. The Labute approximate surface area is 177 Å². The van der Waals surface area contributed by atoms with Gasteiger partial charge in [0.05, 0.1) is 5.69 Å². The van der Waals surface area contributed by atoms with E-state index < -0.39 is 0 Å². The minimum Gasteiger partial charge on any atom is -0.482 e. The van der Waals surface area contributed by atoms with Crippen LogP contribution in [0.3, 0.4) is 0 Å². The highest BCUT2D eigenvalue weighted by atomic mass is 16.5. The Hall–Kier alpha value is -2.83. The number of oxazole rings is 1. The lowest BCUT2D eigenvalue weighted by Gasteiger charge is -2.31. The van der Waals surface area contributed by atoms with Gasteiger partial charge >= 0.3 is 0 Å². The molecule has 3 rings (SSSR count). The van der Waals surface area contributed by atoms with Gasteiger partial charge in [-0.25, -0.2) is 4.98 Å². The van der Waals surface area contributed by atoms with E-state index in [1.54, 1.807) is 4.90 Å². The van der Waals surface area contributed by atoms with Crippen LogP contribution in [0.2, 0.25) is 0 Å². The lowest BCUT2D eigenvalue weighted by molar-refractivity contribution is -0.121. The fourth-order valence-electron chi connectivity index (χ4n) is 3.29. The topological polar surface area (TPSA) is 84.7 Å². The standard InChI is InChI=1S/C23H31N3O4/c1-5-7-8-11-24-22(28)17-14-30-20(25-17)13-26-18-12-16(23(3,4)6-2)9-10-19(18)29-15-21(26)27/h9-10,12,14H,5-8,11,13,15H2,1-4H3,(H,24,28). The van der Waals surface area contributed by atoms with Crippen LogP contribution in [0.5, 0.6) is 5.75 Å². The number of benzene rings is 1. The largest absolute Gasteiger partial charge is 0.482 e. The number of hydrogen-bond acceptors (Lipinski definition) is 5. The van der Waals surface area contributed by atoms with Crippen molar-refractivity contribution in [3.05, 3.63) is 41.6 Å². The number of aromatic nitrogens is 1. The molecular weight excluding hydrogens is 382 g/mol. The van der Waals surface area contributed by atoms with Crippen LogP contribution >= 0.6 is 0 Å². The molecular formula is C23H31N3O4. The zero-order valence-electron chi connectivity index (χ0n) is 18.3. The molecule has 0 bridgehead atoms. The highest BCUT2D eigenvalue weighted by Gasteiger charge is 2.29. The fourth-order valence-corrected chi connectivity index (χ4v) is 3.29. The minimum atomic E-state index is -0.262.